The van der Waals surface area contributed by atoms with Crippen LogP contribution in [0.4, 0.5) is 4.79 Å². The lowest BCUT2D eigenvalue weighted by molar-refractivity contribution is 0.132. The van der Waals surface area contributed by atoms with Crippen molar-refractivity contribution >= 4 is 6.09 Å². The number of aliphatic hydroxyl groups excluding tert-OH is 1. The highest BCUT2D eigenvalue weighted by molar-refractivity contribution is 5.79. The minimum Gasteiger partial charge on any atom is -0.448 e. The van der Waals surface area contributed by atoms with E-state index in [4.69, 9.17) is 9.84 Å². The predicted octanol–water partition coefficient (Wildman–Crippen LogP) is 3.41. The van der Waals surface area contributed by atoms with Gasteiger partial charge in [0.1, 0.15) is 6.61 Å². The van der Waals surface area contributed by atoms with Crippen LogP contribution >= 0.6 is 0 Å². The van der Waals surface area contributed by atoms with Crippen LogP contribution in [0.25, 0.3) is 11.1 Å². The van der Waals surface area contributed by atoms with E-state index in [1.165, 1.54) is 18.1 Å². The Morgan fingerprint density at radius 3 is 2.14 bits per heavy atom. The summed E-state index contributed by atoms with van der Waals surface area (Å²) >= 11 is 0. The molecular formula is C17H16NO3. The van der Waals surface area contributed by atoms with Crippen molar-refractivity contribution < 1.29 is 14.6 Å². The number of hydrogen-bond acceptors (Lipinski definition) is 3. The number of fused-ring (bicyclic) bond motifs is 3. The van der Waals surface area contributed by atoms with Gasteiger partial charge in [0.25, 0.3) is 0 Å². The van der Waals surface area contributed by atoms with Gasteiger partial charge in [-0.15, -0.1) is 0 Å². The number of carbonyl (C=O) groups is 1. The third-order valence-corrected chi connectivity index (χ3v) is 3.63. The zero-order valence-electron chi connectivity index (χ0n) is 11.7. The van der Waals surface area contributed by atoms with Crippen molar-refractivity contribution in [3.63, 3.8) is 0 Å². The van der Waals surface area contributed by atoms with Crippen LogP contribution in [0.15, 0.2) is 48.5 Å². The number of benzene rings is 2. The van der Waals surface area contributed by atoms with Gasteiger partial charge in [0.15, 0.2) is 6.23 Å². The van der Waals surface area contributed by atoms with Crippen LogP contribution in [0.3, 0.4) is 0 Å². The maximum Gasteiger partial charge on any atom is 0.409 e. The zero-order chi connectivity index (χ0) is 14.8. The molecule has 4 heteroatoms. The van der Waals surface area contributed by atoms with Crippen LogP contribution in [0.2, 0.25) is 0 Å². The van der Waals surface area contributed by atoms with E-state index in [0.29, 0.717) is 0 Å². The lowest BCUT2D eigenvalue weighted by Crippen LogP contribution is -2.28. The molecule has 0 unspecified atom stereocenters. The molecule has 0 aliphatic heterocycles. The molecule has 0 saturated carbocycles. The van der Waals surface area contributed by atoms with Crippen molar-refractivity contribution in [2.75, 3.05) is 6.61 Å². The molecule has 1 aliphatic rings. The van der Waals surface area contributed by atoms with Crippen molar-refractivity contribution in [1.29, 1.82) is 0 Å². The molecule has 107 valence electrons. The second-order valence-electron chi connectivity index (χ2n) is 5.04. The number of nitrogens with one attached hydrogen (secondary N) is 1. The Kier molecular flexibility index (Phi) is 3.62. The summed E-state index contributed by atoms with van der Waals surface area (Å²) in [5, 5.41) is 11.3. The van der Waals surface area contributed by atoms with E-state index < -0.39 is 6.09 Å². The number of rotatable bonds is 3. The number of hydrogen-bond donors (Lipinski definition) is 2. The molecule has 2 N–H and O–H groups in total. The molecule has 0 bridgehead atoms. The van der Waals surface area contributed by atoms with Gasteiger partial charge in [-0.3, -0.25) is 5.32 Å². The minimum absolute atomic E-state index is 0.0298. The van der Waals surface area contributed by atoms with Gasteiger partial charge in [0.05, 0.1) is 0 Å². The van der Waals surface area contributed by atoms with E-state index in [1.54, 1.807) is 0 Å². The standard InChI is InChI=1S/C17H16NO3/c1-11(19)18-17(20)21-10-16-14-8-4-2-6-12(14)13-7-3-5-9-15(13)16/h2-9,16,19H,10H2,1H3,(H,18,20). The van der Waals surface area contributed by atoms with Crippen LogP contribution in [-0.4, -0.2) is 17.8 Å². The number of alkyl carbamates (subject to hydrolysis) is 1. The summed E-state index contributed by atoms with van der Waals surface area (Å²) in [6, 6.07) is 16.3. The lowest BCUT2D eigenvalue weighted by atomic mass is 9.98. The van der Waals surface area contributed by atoms with Gasteiger partial charge >= 0.3 is 6.09 Å². The van der Waals surface area contributed by atoms with Crippen LogP contribution < -0.4 is 5.32 Å². The van der Waals surface area contributed by atoms with E-state index in [1.807, 2.05) is 24.3 Å². The fourth-order valence-corrected chi connectivity index (χ4v) is 2.78. The van der Waals surface area contributed by atoms with Gasteiger partial charge in [-0.25, -0.2) is 4.79 Å². The quantitative estimate of drug-likeness (QED) is 0.907. The van der Waals surface area contributed by atoms with E-state index >= 15 is 0 Å². The second kappa shape index (κ2) is 5.58. The summed E-state index contributed by atoms with van der Waals surface area (Å²) < 4.78 is 5.22. The first kappa shape index (κ1) is 13.6. The fraction of sp³-hybridized carbons (Fsp3) is 0.176. The Bertz CT molecular complexity index is 621. The molecule has 1 amide bonds. The Hall–Kier alpha value is -2.33. The monoisotopic (exact) mass is 282 g/mol. The van der Waals surface area contributed by atoms with Crippen molar-refractivity contribution in [2.24, 2.45) is 0 Å². The topological polar surface area (TPSA) is 58.6 Å². The second-order valence-corrected chi connectivity index (χ2v) is 5.04. The summed E-state index contributed by atoms with van der Waals surface area (Å²) in [4.78, 5) is 11.5. The van der Waals surface area contributed by atoms with E-state index in [0.717, 1.165) is 11.1 Å². The molecule has 0 spiro atoms. The van der Waals surface area contributed by atoms with Gasteiger partial charge in [-0.05, 0) is 29.2 Å². The maximum atomic E-state index is 11.5. The Labute approximate surface area is 123 Å². The predicted molar refractivity (Wildman–Crippen MR) is 79.1 cm³/mol. The molecular weight excluding hydrogens is 266 g/mol. The van der Waals surface area contributed by atoms with E-state index in [-0.39, 0.29) is 18.8 Å². The third kappa shape index (κ3) is 2.62. The molecule has 0 aromatic heterocycles. The smallest absolute Gasteiger partial charge is 0.409 e. The highest BCUT2D eigenvalue weighted by atomic mass is 16.6. The van der Waals surface area contributed by atoms with Crippen molar-refractivity contribution in [1.82, 2.24) is 5.32 Å². The van der Waals surface area contributed by atoms with Crippen LogP contribution in [-0.2, 0) is 4.74 Å². The molecule has 3 rings (SSSR count). The highest BCUT2D eigenvalue weighted by Gasteiger charge is 2.28. The zero-order valence-corrected chi connectivity index (χ0v) is 11.7. The molecule has 1 aliphatic carbocycles. The molecule has 0 fully saturated rings. The molecule has 1 radical (unpaired) electrons. The molecule has 2 aromatic rings. The first-order valence-electron chi connectivity index (χ1n) is 6.81. The van der Waals surface area contributed by atoms with Gasteiger partial charge in [0, 0.05) is 5.92 Å². The number of ether oxygens (including phenoxy) is 1. The summed E-state index contributed by atoms with van der Waals surface area (Å²) in [5.41, 5.74) is 4.70. The Morgan fingerprint density at radius 1 is 1.10 bits per heavy atom. The third-order valence-electron chi connectivity index (χ3n) is 3.63. The van der Waals surface area contributed by atoms with Gasteiger partial charge in [0.2, 0.25) is 0 Å². The number of aliphatic hydroxyl groups is 1. The van der Waals surface area contributed by atoms with Crippen molar-refractivity contribution in [2.45, 2.75) is 12.8 Å². The molecule has 2 aromatic carbocycles. The van der Waals surface area contributed by atoms with Crippen LogP contribution in [0.1, 0.15) is 24.0 Å². The summed E-state index contributed by atoms with van der Waals surface area (Å²) in [6.45, 7) is 1.63. The van der Waals surface area contributed by atoms with E-state index in [9.17, 15) is 4.79 Å². The number of carbonyl (C=O) groups excluding carboxylic acids is 1. The average molecular weight is 282 g/mol. The van der Waals surface area contributed by atoms with Crippen LogP contribution in [0.5, 0.6) is 0 Å². The minimum atomic E-state index is -0.642. The highest BCUT2D eigenvalue weighted by Crippen LogP contribution is 2.44. The van der Waals surface area contributed by atoms with E-state index in [2.05, 4.69) is 29.6 Å². The summed E-state index contributed by atoms with van der Waals surface area (Å²) in [5.74, 6) is 0.0298. The first-order valence-corrected chi connectivity index (χ1v) is 6.81. The first-order chi connectivity index (χ1) is 10.2. The Morgan fingerprint density at radius 2 is 1.62 bits per heavy atom. The summed E-state index contributed by atoms with van der Waals surface area (Å²) in [7, 11) is 0. The number of amides is 1. The summed E-state index contributed by atoms with van der Waals surface area (Å²) in [6.07, 6.45) is -0.816. The SMILES string of the molecule is C[C](O)NC(=O)OCC1c2ccccc2-c2ccccc21. The van der Waals surface area contributed by atoms with Gasteiger partial charge in [-0.2, -0.15) is 0 Å². The average Bonchev–Trinajstić information content (AvgIpc) is 2.79. The molecule has 0 atom stereocenters. The maximum absolute atomic E-state index is 11.5. The van der Waals surface area contributed by atoms with Gasteiger partial charge in [-0.1, -0.05) is 48.5 Å². The normalized spacial score (nSPS) is 12.9. The van der Waals surface area contributed by atoms with Crippen molar-refractivity contribution in [3.8, 4) is 11.1 Å². The lowest BCUT2D eigenvalue weighted by Gasteiger charge is -2.14. The molecule has 21 heavy (non-hydrogen) atoms. The Balaban J connectivity index is 1.84. The van der Waals surface area contributed by atoms with Gasteiger partial charge < -0.3 is 9.84 Å². The molecule has 0 heterocycles. The molecule has 0 saturated heterocycles. The van der Waals surface area contributed by atoms with Crippen LogP contribution in [0, 0.1) is 6.23 Å². The largest absolute Gasteiger partial charge is 0.448 e. The molecule has 4 nitrogen and oxygen atoms in total. The fourth-order valence-electron chi connectivity index (χ4n) is 2.78. The van der Waals surface area contributed by atoms with Crippen molar-refractivity contribution in [3.05, 3.63) is 65.9 Å².